The Hall–Kier alpha value is -5.69. The number of anilines is 1. The number of rotatable bonds is 19. The van der Waals surface area contributed by atoms with Crippen molar-refractivity contribution in [1.29, 1.82) is 0 Å². The number of aliphatic hydroxyl groups is 2. The number of nitrogens with one attached hydrogen (secondary N) is 4. The number of benzene rings is 4. The molecule has 2 aliphatic rings. The maximum atomic E-state index is 13.9. The van der Waals surface area contributed by atoms with E-state index in [2.05, 4.69) is 59.4 Å². The molecule has 3 atom stereocenters. The molecular formula is C44H51N7O9S. The predicted molar refractivity (Wildman–Crippen MR) is 229 cm³/mol. The number of carbonyl (C=O) groups is 2. The number of aliphatic hydroxyl groups excluding tert-OH is 2. The first-order chi connectivity index (χ1) is 29.4. The Morgan fingerprint density at radius 1 is 0.885 bits per heavy atom. The quantitative estimate of drug-likeness (QED) is 0.0657. The number of fused-ring (bicyclic) bond motifs is 3. The summed E-state index contributed by atoms with van der Waals surface area (Å²) in [4.78, 5) is 48.3. The summed E-state index contributed by atoms with van der Waals surface area (Å²) >= 11 is 0. The summed E-state index contributed by atoms with van der Waals surface area (Å²) in [6, 6.07) is 25.0. The molecule has 3 unspecified atom stereocenters. The molecule has 61 heavy (non-hydrogen) atoms. The van der Waals surface area contributed by atoms with Crippen LogP contribution in [0, 0.1) is 0 Å². The number of hydrogen-bond acceptors (Lipinski definition) is 13. The molecule has 0 saturated heterocycles. The van der Waals surface area contributed by atoms with Crippen molar-refractivity contribution in [2.24, 2.45) is 0 Å². The van der Waals surface area contributed by atoms with Crippen molar-refractivity contribution < 1.29 is 37.7 Å². The normalized spacial score (nSPS) is 16.4. The van der Waals surface area contributed by atoms with Gasteiger partial charge < -0.3 is 35.3 Å². The van der Waals surface area contributed by atoms with Crippen LogP contribution in [0.15, 0.2) is 101 Å². The number of sulfonamides is 1. The predicted octanol–water partition coefficient (Wildman–Crippen LogP) is 1.98. The summed E-state index contributed by atoms with van der Waals surface area (Å²) in [6.07, 6.45) is 1.84. The highest BCUT2D eigenvalue weighted by atomic mass is 32.2. The average molecular weight is 854 g/mol. The highest BCUT2D eigenvalue weighted by Gasteiger charge is 2.30. The largest absolute Gasteiger partial charge is 0.481 e. The molecule has 322 valence electrons. The minimum absolute atomic E-state index is 0.00515. The smallest absolute Gasteiger partial charge is 0.266 e. The van der Waals surface area contributed by atoms with Gasteiger partial charge in [-0.1, -0.05) is 60.7 Å². The van der Waals surface area contributed by atoms with Crippen LogP contribution < -0.4 is 30.4 Å². The molecule has 0 spiro atoms. The molecule has 6 N–H and O–H groups in total. The van der Waals surface area contributed by atoms with Crippen LogP contribution in [0.25, 0.3) is 11.0 Å². The Kier molecular flexibility index (Phi) is 13.8. The van der Waals surface area contributed by atoms with Gasteiger partial charge in [-0.3, -0.25) is 28.9 Å². The molecule has 16 nitrogen and oxygen atoms in total. The maximum absolute atomic E-state index is 13.9. The SMILES string of the molecule is CC(C=O)(CNCC(O)CN1CCc2ccccc2C1)Oc1ccccc1S(=O)(=O)Nc1cc(OCC(=O)NCC(O)CN2CCc3ccccc3C2)c2ncc(=O)[nH]c2c1. The molecule has 7 rings (SSSR count). The third-order valence-electron chi connectivity index (χ3n) is 10.7. The summed E-state index contributed by atoms with van der Waals surface area (Å²) in [5.74, 6) is -0.631. The number of aromatic nitrogens is 2. The van der Waals surface area contributed by atoms with Crippen LogP contribution in [0.2, 0.25) is 0 Å². The van der Waals surface area contributed by atoms with Crippen molar-refractivity contribution in [2.75, 3.05) is 57.1 Å². The molecule has 17 heteroatoms. The van der Waals surface area contributed by atoms with Crippen molar-refractivity contribution in [3.63, 3.8) is 0 Å². The Bertz CT molecular complexity index is 2520. The Morgan fingerprint density at radius 2 is 1.49 bits per heavy atom. The van der Waals surface area contributed by atoms with E-state index < -0.39 is 45.9 Å². The van der Waals surface area contributed by atoms with Gasteiger partial charge in [-0.25, -0.2) is 13.4 Å². The topological polar surface area (TPSA) is 216 Å². The molecule has 0 saturated carbocycles. The molecule has 0 radical (unpaired) electrons. The zero-order chi connectivity index (χ0) is 43.0. The van der Waals surface area contributed by atoms with E-state index >= 15 is 0 Å². The van der Waals surface area contributed by atoms with Crippen LogP contribution in [0.1, 0.15) is 29.2 Å². The van der Waals surface area contributed by atoms with Crippen LogP contribution in [0.5, 0.6) is 11.5 Å². The molecule has 0 fully saturated rings. The number of nitrogens with zero attached hydrogens (tertiary/aromatic N) is 3. The first-order valence-electron chi connectivity index (χ1n) is 20.2. The van der Waals surface area contributed by atoms with Crippen LogP contribution in [0.3, 0.4) is 0 Å². The number of aromatic amines is 1. The number of hydrogen-bond donors (Lipinski definition) is 6. The zero-order valence-electron chi connectivity index (χ0n) is 33.9. The number of para-hydroxylation sites is 1. The first kappa shape index (κ1) is 43.4. The van der Waals surface area contributed by atoms with E-state index in [1.807, 2.05) is 24.3 Å². The number of H-pyrrole nitrogens is 1. The Labute approximate surface area is 354 Å². The fourth-order valence-electron chi connectivity index (χ4n) is 7.67. The van der Waals surface area contributed by atoms with Gasteiger partial charge in [-0.15, -0.1) is 0 Å². The monoisotopic (exact) mass is 853 g/mol. The molecule has 3 heterocycles. The minimum Gasteiger partial charge on any atom is -0.481 e. The lowest BCUT2D eigenvalue weighted by atomic mass is 10.00. The van der Waals surface area contributed by atoms with Crippen molar-refractivity contribution in [1.82, 2.24) is 30.4 Å². The van der Waals surface area contributed by atoms with E-state index in [1.54, 1.807) is 6.07 Å². The molecule has 0 aliphatic carbocycles. The van der Waals surface area contributed by atoms with Gasteiger partial charge in [-0.2, -0.15) is 0 Å². The van der Waals surface area contributed by atoms with Gasteiger partial charge in [0.2, 0.25) is 0 Å². The summed E-state index contributed by atoms with van der Waals surface area (Å²) in [5, 5.41) is 27.2. The summed E-state index contributed by atoms with van der Waals surface area (Å²) in [7, 11) is -4.41. The second kappa shape index (κ2) is 19.4. The molecule has 1 amide bonds. The number of ether oxygens (including phenoxy) is 2. The fourth-order valence-corrected chi connectivity index (χ4v) is 8.84. The summed E-state index contributed by atoms with van der Waals surface area (Å²) in [5.41, 5.74) is 3.29. The van der Waals surface area contributed by atoms with E-state index in [9.17, 15) is 33.0 Å². The highest BCUT2D eigenvalue weighted by molar-refractivity contribution is 7.92. The fraction of sp³-hybridized carbons (Fsp3) is 0.364. The van der Waals surface area contributed by atoms with Crippen molar-refractivity contribution in [3.8, 4) is 11.5 Å². The Balaban J connectivity index is 0.956. The van der Waals surface area contributed by atoms with E-state index in [0.717, 1.165) is 38.7 Å². The maximum Gasteiger partial charge on any atom is 0.266 e. The number of aldehydes is 1. The average Bonchev–Trinajstić information content (AvgIpc) is 3.24. The van der Waals surface area contributed by atoms with Gasteiger partial charge in [-0.05, 0) is 60.2 Å². The number of β-amino-alcohol motifs (C(OH)–C–C–N with tert-alkyl or cyclic N) is 2. The van der Waals surface area contributed by atoms with Crippen molar-refractivity contribution in [3.05, 3.63) is 124 Å². The second-order valence-electron chi connectivity index (χ2n) is 15.7. The van der Waals surface area contributed by atoms with E-state index in [4.69, 9.17) is 9.47 Å². The van der Waals surface area contributed by atoms with Gasteiger partial charge in [0.25, 0.3) is 21.5 Å². The van der Waals surface area contributed by atoms with Gasteiger partial charge in [0.15, 0.2) is 18.5 Å². The van der Waals surface area contributed by atoms with E-state index in [-0.39, 0.29) is 52.7 Å². The van der Waals surface area contributed by atoms with E-state index in [1.165, 1.54) is 59.5 Å². The molecule has 5 aromatic rings. The first-order valence-corrected chi connectivity index (χ1v) is 21.7. The molecular weight excluding hydrogens is 803 g/mol. The minimum atomic E-state index is -4.41. The van der Waals surface area contributed by atoms with Gasteiger partial charge in [0, 0.05) is 65.0 Å². The zero-order valence-corrected chi connectivity index (χ0v) is 34.7. The second-order valence-corrected chi connectivity index (χ2v) is 17.4. The van der Waals surface area contributed by atoms with Gasteiger partial charge in [0.1, 0.15) is 21.9 Å². The van der Waals surface area contributed by atoms with Crippen molar-refractivity contribution >= 4 is 38.9 Å². The summed E-state index contributed by atoms with van der Waals surface area (Å²) in [6.45, 7) is 5.04. The Morgan fingerprint density at radius 3 is 2.15 bits per heavy atom. The van der Waals surface area contributed by atoms with Crippen LogP contribution in [-0.4, -0.2) is 121 Å². The molecule has 4 aromatic carbocycles. The van der Waals surface area contributed by atoms with E-state index in [0.29, 0.717) is 25.9 Å². The van der Waals surface area contributed by atoms with Gasteiger partial charge >= 0.3 is 0 Å². The lowest BCUT2D eigenvalue weighted by molar-refractivity contribution is -0.123. The van der Waals surface area contributed by atoms with Crippen LogP contribution in [-0.2, 0) is 45.5 Å². The highest BCUT2D eigenvalue weighted by Crippen LogP contribution is 2.32. The van der Waals surface area contributed by atoms with Crippen LogP contribution >= 0.6 is 0 Å². The van der Waals surface area contributed by atoms with Crippen LogP contribution in [0.4, 0.5) is 5.69 Å². The third kappa shape index (κ3) is 11.4. The molecule has 0 bridgehead atoms. The number of carbonyl (C=O) groups excluding carboxylic acids is 2. The lowest BCUT2D eigenvalue weighted by Gasteiger charge is -2.31. The molecule has 1 aromatic heterocycles. The summed E-state index contributed by atoms with van der Waals surface area (Å²) < 4.78 is 42.2. The number of amides is 1. The lowest BCUT2D eigenvalue weighted by Crippen LogP contribution is -2.48. The molecule has 2 aliphatic heterocycles. The van der Waals surface area contributed by atoms with Gasteiger partial charge in [0.05, 0.1) is 29.6 Å². The standard InChI is InChI=1S/C44H51N7O9S/c1-44(29-52,28-45-20-35(53)25-50-16-14-30-8-2-4-10-32(30)23-50)60-38-12-6-7-13-40(38)61(57,58)49-34-18-37-43(47-22-41(55)48-37)39(19-34)59-27-42(56)46-21-36(54)26-51-17-15-31-9-3-5-11-33(31)24-51/h2-13,18-19,22,29,35-36,45,49,53-54H,14-17,20-21,23-28H2,1H3,(H,46,56)(H,48,55). The third-order valence-corrected chi connectivity index (χ3v) is 12.2. The van der Waals surface area contributed by atoms with Crippen molar-refractivity contribution in [2.45, 2.75) is 55.6 Å².